The Hall–Kier alpha value is -2.38. The second kappa shape index (κ2) is 7.88. The smallest absolute Gasteiger partial charge is 0.345 e. The number of ether oxygens (including phenoxy) is 2. The van der Waals surface area contributed by atoms with Gasteiger partial charge in [-0.15, -0.1) is 0 Å². The minimum Gasteiger partial charge on any atom is -0.485 e. The van der Waals surface area contributed by atoms with E-state index in [1.54, 1.807) is 31.2 Å². The lowest BCUT2D eigenvalue weighted by molar-refractivity contribution is 0.0523. The predicted octanol–water partition coefficient (Wildman–Crippen LogP) is 3.87. The van der Waals surface area contributed by atoms with Crippen molar-refractivity contribution in [3.63, 3.8) is 0 Å². The van der Waals surface area contributed by atoms with E-state index in [2.05, 4.69) is 20.9 Å². The van der Waals surface area contributed by atoms with Crippen LogP contribution in [0, 0.1) is 0 Å². The van der Waals surface area contributed by atoms with Crippen LogP contribution in [0.25, 0.3) is 5.65 Å². The lowest BCUT2D eigenvalue weighted by Crippen LogP contribution is -2.24. The number of hydrogen-bond acceptors (Lipinski definition) is 5. The monoisotopic (exact) mass is 436 g/mol. The molecule has 3 rings (SSSR count). The highest BCUT2D eigenvalue weighted by Crippen LogP contribution is 2.24. The van der Waals surface area contributed by atoms with E-state index >= 15 is 0 Å². The van der Waals surface area contributed by atoms with Crippen molar-refractivity contribution >= 4 is 39.1 Å². The lowest BCUT2D eigenvalue weighted by atomic mass is 10.2. The number of halogens is 2. The zero-order valence-electron chi connectivity index (χ0n) is 13.7. The van der Waals surface area contributed by atoms with Gasteiger partial charge in [-0.2, -0.15) is 0 Å². The molecule has 0 spiro atoms. The number of benzene rings is 1. The molecule has 2 heterocycles. The zero-order chi connectivity index (χ0) is 18.7. The van der Waals surface area contributed by atoms with Crippen LogP contribution in [0.2, 0.25) is 5.02 Å². The zero-order valence-corrected chi connectivity index (χ0v) is 16.1. The number of carbonyl (C=O) groups is 1. The molecule has 0 saturated heterocycles. The molecule has 0 saturated carbocycles. The molecule has 0 radical (unpaired) electrons. The maximum Gasteiger partial charge on any atom is 0.345 e. The summed E-state index contributed by atoms with van der Waals surface area (Å²) in [5.74, 6) is -0.280. The van der Waals surface area contributed by atoms with Crippen LogP contribution in [-0.4, -0.2) is 22.0 Å². The van der Waals surface area contributed by atoms with E-state index in [1.165, 1.54) is 16.8 Å². The molecule has 26 heavy (non-hydrogen) atoms. The molecule has 6 nitrogen and oxygen atoms in total. The van der Waals surface area contributed by atoms with Crippen molar-refractivity contribution in [2.24, 2.45) is 0 Å². The van der Waals surface area contributed by atoms with Gasteiger partial charge in [0, 0.05) is 27.5 Å². The summed E-state index contributed by atoms with van der Waals surface area (Å²) < 4.78 is 12.8. The normalized spacial score (nSPS) is 10.7. The number of fused-ring (bicyclic) bond motifs is 1. The first-order valence-corrected chi connectivity index (χ1v) is 8.92. The number of nitrogens with zero attached hydrogens (tertiary/aromatic N) is 2. The van der Waals surface area contributed by atoms with Gasteiger partial charge < -0.3 is 9.47 Å². The number of esters is 1. The third-order valence-corrected chi connectivity index (χ3v) is 4.56. The molecule has 8 heteroatoms. The highest BCUT2D eigenvalue weighted by atomic mass is 79.9. The molecule has 0 bridgehead atoms. The van der Waals surface area contributed by atoms with E-state index < -0.39 is 11.5 Å². The van der Waals surface area contributed by atoms with Gasteiger partial charge in [0.05, 0.1) is 6.61 Å². The Labute approximate surface area is 162 Å². The predicted molar refractivity (Wildman–Crippen MR) is 101 cm³/mol. The number of aromatic nitrogens is 2. The second-order valence-corrected chi connectivity index (χ2v) is 6.58. The van der Waals surface area contributed by atoms with Gasteiger partial charge in [0.1, 0.15) is 12.2 Å². The Bertz CT molecular complexity index is 1040. The number of hydrogen-bond donors (Lipinski definition) is 0. The Kier molecular flexibility index (Phi) is 5.58. The second-order valence-electron chi connectivity index (χ2n) is 5.29. The Morgan fingerprint density at radius 2 is 2.15 bits per heavy atom. The van der Waals surface area contributed by atoms with Crippen LogP contribution < -0.4 is 10.3 Å². The van der Waals surface area contributed by atoms with Crippen LogP contribution in [0.1, 0.15) is 22.8 Å². The topological polar surface area (TPSA) is 69.9 Å². The van der Waals surface area contributed by atoms with Crippen molar-refractivity contribution in [3.05, 3.63) is 73.7 Å². The molecule has 3 aromatic rings. The molecule has 0 atom stereocenters. The highest BCUT2D eigenvalue weighted by molar-refractivity contribution is 9.10. The van der Waals surface area contributed by atoms with Crippen molar-refractivity contribution in [2.75, 3.05) is 6.61 Å². The molecule has 0 unspecified atom stereocenters. The van der Waals surface area contributed by atoms with Gasteiger partial charge in [-0.25, -0.2) is 9.78 Å². The van der Waals surface area contributed by atoms with E-state index in [1.807, 2.05) is 6.07 Å². The van der Waals surface area contributed by atoms with E-state index in [0.717, 1.165) is 10.0 Å². The maximum atomic E-state index is 12.5. The van der Waals surface area contributed by atoms with Gasteiger partial charge in [-0.05, 0) is 31.2 Å². The van der Waals surface area contributed by atoms with Gasteiger partial charge in [0.2, 0.25) is 0 Å². The van der Waals surface area contributed by atoms with E-state index in [9.17, 15) is 9.59 Å². The number of pyridine rings is 1. The van der Waals surface area contributed by atoms with Crippen LogP contribution in [0.5, 0.6) is 5.75 Å². The fourth-order valence-corrected chi connectivity index (χ4v) is 3.13. The first-order chi connectivity index (χ1) is 12.5. The van der Waals surface area contributed by atoms with Gasteiger partial charge in [0.15, 0.2) is 11.4 Å². The Morgan fingerprint density at radius 1 is 1.35 bits per heavy atom. The fraction of sp³-hybridized carbons (Fsp3) is 0.167. The quantitative estimate of drug-likeness (QED) is 0.567. The SMILES string of the molecule is CCOC(=O)c1cnc2c(OCc3ccc(Cl)cc3Br)cccn2c1=O. The molecule has 0 N–H and O–H groups in total. The van der Waals surface area contributed by atoms with Gasteiger partial charge in [-0.1, -0.05) is 33.6 Å². The first kappa shape index (κ1) is 18.4. The Balaban J connectivity index is 1.93. The molecular formula is C18H14BrClN2O4. The van der Waals surface area contributed by atoms with Crippen molar-refractivity contribution in [3.8, 4) is 5.75 Å². The van der Waals surface area contributed by atoms with Crippen molar-refractivity contribution in [1.82, 2.24) is 9.38 Å². The molecular weight excluding hydrogens is 424 g/mol. The molecule has 0 aliphatic heterocycles. The molecule has 0 aliphatic rings. The van der Waals surface area contributed by atoms with Gasteiger partial charge in [0.25, 0.3) is 5.56 Å². The van der Waals surface area contributed by atoms with Crippen molar-refractivity contribution in [2.45, 2.75) is 13.5 Å². The van der Waals surface area contributed by atoms with Crippen LogP contribution in [0.4, 0.5) is 0 Å². The minimum atomic E-state index is -0.698. The van der Waals surface area contributed by atoms with Crippen LogP contribution in [-0.2, 0) is 11.3 Å². The van der Waals surface area contributed by atoms with Crippen LogP contribution >= 0.6 is 27.5 Å². The van der Waals surface area contributed by atoms with Crippen LogP contribution in [0.3, 0.4) is 0 Å². The van der Waals surface area contributed by atoms with Crippen molar-refractivity contribution in [1.29, 1.82) is 0 Å². The standard InChI is InChI=1S/C18H14BrClN2O4/c1-2-25-18(24)13-9-21-16-15(4-3-7-22(16)17(13)23)26-10-11-5-6-12(20)8-14(11)19/h3-9H,2,10H2,1H3. The fourth-order valence-electron chi connectivity index (χ4n) is 2.34. The maximum absolute atomic E-state index is 12.5. The average molecular weight is 438 g/mol. The Morgan fingerprint density at radius 3 is 2.88 bits per heavy atom. The summed E-state index contributed by atoms with van der Waals surface area (Å²) in [4.78, 5) is 28.6. The summed E-state index contributed by atoms with van der Waals surface area (Å²) in [5, 5.41) is 0.616. The summed E-state index contributed by atoms with van der Waals surface area (Å²) in [7, 11) is 0. The number of rotatable bonds is 5. The molecule has 2 aromatic heterocycles. The molecule has 0 amide bonds. The highest BCUT2D eigenvalue weighted by Gasteiger charge is 2.16. The van der Waals surface area contributed by atoms with E-state index in [-0.39, 0.29) is 18.8 Å². The third-order valence-electron chi connectivity index (χ3n) is 3.59. The van der Waals surface area contributed by atoms with Gasteiger partial charge in [-0.3, -0.25) is 9.20 Å². The summed E-state index contributed by atoms with van der Waals surface area (Å²) in [6.45, 7) is 2.11. The molecule has 0 aliphatic carbocycles. The number of carbonyl (C=O) groups excluding carboxylic acids is 1. The minimum absolute atomic E-state index is 0.123. The lowest BCUT2D eigenvalue weighted by Gasteiger charge is -2.11. The molecule has 0 fully saturated rings. The van der Waals surface area contributed by atoms with Gasteiger partial charge >= 0.3 is 5.97 Å². The largest absolute Gasteiger partial charge is 0.485 e. The summed E-state index contributed by atoms with van der Waals surface area (Å²) in [6, 6.07) is 8.74. The van der Waals surface area contributed by atoms with Crippen molar-refractivity contribution < 1.29 is 14.3 Å². The summed E-state index contributed by atoms with van der Waals surface area (Å²) in [6.07, 6.45) is 2.74. The summed E-state index contributed by atoms with van der Waals surface area (Å²) in [5.41, 5.74) is 0.575. The molecule has 134 valence electrons. The van der Waals surface area contributed by atoms with E-state index in [0.29, 0.717) is 16.4 Å². The third kappa shape index (κ3) is 3.73. The molecule has 1 aromatic carbocycles. The summed E-state index contributed by atoms with van der Waals surface area (Å²) >= 11 is 9.37. The van der Waals surface area contributed by atoms with E-state index in [4.69, 9.17) is 21.1 Å². The van der Waals surface area contributed by atoms with Crippen LogP contribution in [0.15, 0.2) is 52.0 Å². The average Bonchev–Trinajstić information content (AvgIpc) is 2.61. The first-order valence-electron chi connectivity index (χ1n) is 7.75.